The van der Waals surface area contributed by atoms with Crippen molar-refractivity contribution in [3.63, 3.8) is 0 Å². The van der Waals surface area contributed by atoms with Crippen molar-refractivity contribution >= 4 is 23.2 Å². The van der Waals surface area contributed by atoms with Gasteiger partial charge in [0.25, 0.3) is 0 Å². The average Bonchev–Trinajstić information content (AvgIpc) is 2.65. The third kappa shape index (κ3) is 1.85. The van der Waals surface area contributed by atoms with E-state index in [1.807, 2.05) is 0 Å². The lowest BCUT2D eigenvalue weighted by atomic mass is 10.1. The van der Waals surface area contributed by atoms with Crippen LogP contribution in [0.1, 0.15) is 10.4 Å². The first-order valence-corrected chi connectivity index (χ1v) is 4.85. The molecule has 5 nitrogen and oxygen atoms in total. The van der Waals surface area contributed by atoms with Crippen molar-refractivity contribution in [1.82, 2.24) is 9.78 Å². The number of carbonyl (C=O) groups excluding carboxylic acids is 1. The second kappa shape index (κ2) is 3.86. The van der Waals surface area contributed by atoms with Crippen LogP contribution in [0.4, 0.5) is 5.69 Å². The monoisotopic (exact) mass is 236 g/mol. The van der Waals surface area contributed by atoms with E-state index in [9.17, 15) is 4.79 Å². The van der Waals surface area contributed by atoms with Gasteiger partial charge in [-0.25, -0.2) is 4.68 Å². The normalized spacial score (nSPS) is 10.3. The molecular formula is C10H9ClN4O. The van der Waals surface area contributed by atoms with Gasteiger partial charge in [0.1, 0.15) is 0 Å². The number of hydrogen-bond acceptors (Lipinski definition) is 3. The van der Waals surface area contributed by atoms with Crippen LogP contribution in [-0.2, 0) is 0 Å². The maximum absolute atomic E-state index is 11.0. The Morgan fingerprint density at radius 3 is 2.75 bits per heavy atom. The fourth-order valence-electron chi connectivity index (χ4n) is 1.33. The summed E-state index contributed by atoms with van der Waals surface area (Å²) in [6.07, 6.45) is 3.08. The lowest BCUT2D eigenvalue weighted by Gasteiger charge is -2.06. The number of primary amides is 1. The van der Waals surface area contributed by atoms with Gasteiger partial charge in [0.15, 0.2) is 0 Å². The summed E-state index contributed by atoms with van der Waals surface area (Å²) in [5.41, 5.74) is 12.4. The van der Waals surface area contributed by atoms with Gasteiger partial charge in [-0.15, -0.1) is 0 Å². The van der Waals surface area contributed by atoms with Crippen LogP contribution in [0.2, 0.25) is 5.02 Å². The van der Waals surface area contributed by atoms with E-state index < -0.39 is 5.91 Å². The van der Waals surface area contributed by atoms with Gasteiger partial charge in [-0.1, -0.05) is 11.6 Å². The van der Waals surface area contributed by atoms with Crippen LogP contribution in [0.15, 0.2) is 30.6 Å². The van der Waals surface area contributed by atoms with E-state index in [2.05, 4.69) is 5.10 Å². The number of hydrogen-bond donors (Lipinski definition) is 2. The van der Waals surface area contributed by atoms with Crippen LogP contribution >= 0.6 is 11.6 Å². The van der Waals surface area contributed by atoms with E-state index in [1.54, 1.807) is 24.4 Å². The Morgan fingerprint density at radius 2 is 2.19 bits per heavy atom. The summed E-state index contributed by atoms with van der Waals surface area (Å²) in [5, 5.41) is 4.49. The number of carbonyl (C=O) groups is 1. The van der Waals surface area contributed by atoms with Crippen LogP contribution in [0.5, 0.6) is 0 Å². The van der Waals surface area contributed by atoms with Crippen molar-refractivity contribution in [1.29, 1.82) is 0 Å². The molecule has 0 unspecified atom stereocenters. The van der Waals surface area contributed by atoms with E-state index >= 15 is 0 Å². The highest BCUT2D eigenvalue weighted by Gasteiger charge is 2.07. The zero-order valence-corrected chi connectivity index (χ0v) is 8.98. The highest BCUT2D eigenvalue weighted by atomic mass is 35.5. The number of aromatic nitrogens is 2. The molecule has 1 amide bonds. The molecular weight excluding hydrogens is 228 g/mol. The minimum absolute atomic E-state index is 0.371. The average molecular weight is 237 g/mol. The molecule has 6 heteroatoms. The van der Waals surface area contributed by atoms with Gasteiger partial charge in [0.05, 0.1) is 22.6 Å². The van der Waals surface area contributed by atoms with E-state index in [4.69, 9.17) is 23.1 Å². The van der Waals surface area contributed by atoms with E-state index in [0.717, 1.165) is 0 Å². The maximum atomic E-state index is 11.0. The van der Waals surface area contributed by atoms with Gasteiger partial charge in [-0.2, -0.15) is 5.10 Å². The predicted octanol–water partition coefficient (Wildman–Crippen LogP) is 1.21. The summed E-state index contributed by atoms with van der Waals surface area (Å²) in [4.78, 5) is 11.0. The fourth-order valence-corrected chi connectivity index (χ4v) is 1.46. The summed E-state index contributed by atoms with van der Waals surface area (Å²) in [7, 11) is 0. The Bertz CT molecular complexity index is 550. The first-order chi connectivity index (χ1) is 7.58. The molecule has 2 rings (SSSR count). The number of rotatable bonds is 2. The molecule has 0 saturated heterocycles. The smallest absolute Gasteiger partial charge is 0.248 e. The molecule has 0 aliphatic rings. The Hall–Kier alpha value is -2.01. The molecule has 1 heterocycles. The largest absolute Gasteiger partial charge is 0.397 e. The van der Waals surface area contributed by atoms with Crippen LogP contribution in [0.3, 0.4) is 0 Å². The summed E-state index contributed by atoms with van der Waals surface area (Å²) in [6, 6.07) is 4.73. The molecule has 82 valence electrons. The molecule has 16 heavy (non-hydrogen) atoms. The number of benzene rings is 1. The van der Waals surface area contributed by atoms with Gasteiger partial charge in [-0.05, 0) is 18.2 Å². The first kappa shape index (κ1) is 10.5. The van der Waals surface area contributed by atoms with Crippen molar-refractivity contribution in [2.75, 3.05) is 5.73 Å². The lowest BCUT2D eigenvalue weighted by molar-refractivity contribution is 0.100. The summed E-state index contributed by atoms with van der Waals surface area (Å²) in [5.74, 6) is -0.514. The third-order valence-electron chi connectivity index (χ3n) is 2.11. The Kier molecular flexibility index (Phi) is 2.54. The molecule has 2 aromatic rings. The molecule has 0 aliphatic carbocycles. The van der Waals surface area contributed by atoms with Crippen molar-refractivity contribution in [2.45, 2.75) is 0 Å². The summed E-state index contributed by atoms with van der Waals surface area (Å²) < 4.78 is 1.49. The lowest BCUT2D eigenvalue weighted by Crippen LogP contribution is -2.12. The minimum Gasteiger partial charge on any atom is -0.397 e. The van der Waals surface area contributed by atoms with Gasteiger partial charge in [0.2, 0.25) is 5.91 Å². The number of nitrogens with two attached hydrogens (primary N) is 2. The molecule has 0 radical (unpaired) electrons. The van der Waals surface area contributed by atoms with Crippen molar-refractivity contribution in [2.24, 2.45) is 5.73 Å². The van der Waals surface area contributed by atoms with Crippen molar-refractivity contribution in [3.8, 4) is 5.69 Å². The molecule has 0 spiro atoms. The Labute approximate surface area is 96.6 Å². The number of nitrogens with zero attached hydrogens (tertiary/aromatic N) is 2. The van der Waals surface area contributed by atoms with Crippen molar-refractivity contribution in [3.05, 3.63) is 41.2 Å². The van der Waals surface area contributed by atoms with Gasteiger partial charge >= 0.3 is 0 Å². The molecule has 0 aliphatic heterocycles. The van der Waals surface area contributed by atoms with Gasteiger partial charge in [0, 0.05) is 11.8 Å². The van der Waals surface area contributed by atoms with Crippen molar-refractivity contribution < 1.29 is 4.79 Å². The van der Waals surface area contributed by atoms with Gasteiger partial charge < -0.3 is 11.5 Å². The second-order valence-corrected chi connectivity index (χ2v) is 3.68. The second-order valence-electron chi connectivity index (χ2n) is 3.24. The quantitative estimate of drug-likeness (QED) is 0.769. The number of halogens is 1. The van der Waals surface area contributed by atoms with E-state index in [0.29, 0.717) is 22.0 Å². The SMILES string of the molecule is NC(=O)c1ccc(N)c(-n2cc(Cl)cn2)c1. The van der Waals surface area contributed by atoms with E-state index in [-0.39, 0.29) is 0 Å². The minimum atomic E-state index is -0.514. The van der Waals surface area contributed by atoms with Gasteiger partial charge in [-0.3, -0.25) is 4.79 Å². The first-order valence-electron chi connectivity index (χ1n) is 4.48. The topological polar surface area (TPSA) is 86.9 Å². The fraction of sp³-hybridized carbons (Fsp3) is 0. The Balaban J connectivity index is 2.55. The highest BCUT2D eigenvalue weighted by molar-refractivity contribution is 6.30. The maximum Gasteiger partial charge on any atom is 0.248 e. The molecule has 4 N–H and O–H groups in total. The number of anilines is 1. The number of amides is 1. The molecule has 1 aromatic carbocycles. The predicted molar refractivity (Wildman–Crippen MR) is 61.5 cm³/mol. The molecule has 0 saturated carbocycles. The third-order valence-corrected chi connectivity index (χ3v) is 2.31. The Morgan fingerprint density at radius 1 is 1.44 bits per heavy atom. The zero-order chi connectivity index (χ0) is 11.7. The highest BCUT2D eigenvalue weighted by Crippen LogP contribution is 2.19. The van der Waals surface area contributed by atoms with E-state index in [1.165, 1.54) is 10.9 Å². The van der Waals surface area contributed by atoms with Crippen LogP contribution in [-0.4, -0.2) is 15.7 Å². The molecule has 0 bridgehead atoms. The summed E-state index contributed by atoms with van der Waals surface area (Å²) in [6.45, 7) is 0. The molecule has 1 aromatic heterocycles. The standard InChI is InChI=1S/C10H9ClN4O/c11-7-4-14-15(5-7)9-3-6(10(13)16)1-2-8(9)12/h1-5H,12H2,(H2,13,16). The zero-order valence-electron chi connectivity index (χ0n) is 8.22. The van der Waals surface area contributed by atoms with Crippen LogP contribution in [0, 0.1) is 0 Å². The van der Waals surface area contributed by atoms with Crippen LogP contribution < -0.4 is 11.5 Å². The van der Waals surface area contributed by atoms with Crippen LogP contribution in [0.25, 0.3) is 5.69 Å². The molecule has 0 atom stereocenters. The molecule has 0 fully saturated rings. The number of nitrogen functional groups attached to an aromatic ring is 1. The summed E-state index contributed by atoms with van der Waals surface area (Å²) >= 11 is 5.75.